The largest absolute Gasteiger partial charge is 0.493 e. The van der Waals surface area contributed by atoms with Crippen molar-refractivity contribution in [3.8, 4) is 5.75 Å². The molecule has 22 heavy (non-hydrogen) atoms. The summed E-state index contributed by atoms with van der Waals surface area (Å²) in [4.78, 5) is 23.1. The van der Waals surface area contributed by atoms with Gasteiger partial charge >= 0.3 is 5.97 Å². The minimum Gasteiger partial charge on any atom is -0.493 e. The van der Waals surface area contributed by atoms with Gasteiger partial charge < -0.3 is 15.2 Å². The first-order chi connectivity index (χ1) is 10.5. The van der Waals surface area contributed by atoms with E-state index in [0.29, 0.717) is 28.6 Å². The Balaban J connectivity index is 2.21. The summed E-state index contributed by atoms with van der Waals surface area (Å²) >= 11 is 5.92. The molecule has 0 spiro atoms. The number of ether oxygens (including phenoxy) is 1. The van der Waals surface area contributed by atoms with Crippen molar-refractivity contribution >= 4 is 29.2 Å². The topological polar surface area (TPSA) is 75.6 Å². The number of hydrogen-bond acceptors (Lipinski definition) is 3. The highest BCUT2D eigenvalue weighted by Gasteiger charge is 2.14. The number of carboxylic acids is 1. The predicted octanol–water partition coefficient (Wildman–Crippen LogP) is 3.69. The van der Waals surface area contributed by atoms with Crippen molar-refractivity contribution in [2.45, 2.75) is 6.92 Å². The van der Waals surface area contributed by atoms with Gasteiger partial charge in [0.1, 0.15) is 5.75 Å². The Morgan fingerprint density at radius 1 is 1.18 bits per heavy atom. The highest BCUT2D eigenvalue weighted by atomic mass is 35.5. The molecule has 0 bridgehead atoms. The Bertz CT molecular complexity index is 698. The number of halogens is 1. The molecule has 0 aliphatic carbocycles. The van der Waals surface area contributed by atoms with Gasteiger partial charge in [0.2, 0.25) is 0 Å². The number of rotatable bonds is 5. The molecule has 0 aromatic heterocycles. The quantitative estimate of drug-likeness (QED) is 0.881. The summed E-state index contributed by atoms with van der Waals surface area (Å²) in [7, 11) is 0. The lowest BCUT2D eigenvalue weighted by molar-refractivity contribution is 0.0696. The van der Waals surface area contributed by atoms with Crippen LogP contribution in [0, 0.1) is 0 Å². The minimum atomic E-state index is -1.02. The standard InChI is InChI=1S/C16H14ClNO4/c1-2-22-14-8-5-11(17)9-13(14)15(19)18-12-6-3-10(4-7-12)16(20)21/h3-9H,2H2,1H3,(H,18,19)(H,20,21). The summed E-state index contributed by atoms with van der Waals surface area (Å²) in [5.74, 6) is -0.966. The number of benzene rings is 2. The molecule has 0 saturated heterocycles. The molecular formula is C16H14ClNO4. The molecule has 2 N–H and O–H groups in total. The number of hydrogen-bond donors (Lipinski definition) is 2. The van der Waals surface area contributed by atoms with E-state index >= 15 is 0 Å². The molecule has 0 aliphatic rings. The van der Waals surface area contributed by atoms with Crippen molar-refractivity contribution in [2.24, 2.45) is 0 Å². The van der Waals surface area contributed by atoms with E-state index in [9.17, 15) is 9.59 Å². The van der Waals surface area contributed by atoms with E-state index in [0.717, 1.165) is 0 Å². The molecule has 2 aromatic carbocycles. The third kappa shape index (κ3) is 3.77. The zero-order valence-electron chi connectivity index (χ0n) is 11.8. The van der Waals surface area contributed by atoms with Crippen LogP contribution in [0.25, 0.3) is 0 Å². The Morgan fingerprint density at radius 2 is 1.86 bits per heavy atom. The normalized spacial score (nSPS) is 10.1. The maximum absolute atomic E-state index is 12.3. The zero-order valence-corrected chi connectivity index (χ0v) is 12.6. The van der Waals surface area contributed by atoms with E-state index < -0.39 is 5.97 Å². The fourth-order valence-electron chi connectivity index (χ4n) is 1.86. The molecule has 2 rings (SSSR count). The highest BCUT2D eigenvalue weighted by Crippen LogP contribution is 2.24. The van der Waals surface area contributed by atoms with Crippen LogP contribution in [-0.4, -0.2) is 23.6 Å². The van der Waals surface area contributed by atoms with Gasteiger partial charge in [0, 0.05) is 10.7 Å². The second-order valence-corrected chi connectivity index (χ2v) is 4.85. The van der Waals surface area contributed by atoms with Gasteiger partial charge in [0.25, 0.3) is 5.91 Å². The van der Waals surface area contributed by atoms with Crippen molar-refractivity contribution < 1.29 is 19.4 Å². The number of aromatic carboxylic acids is 1. The average molecular weight is 320 g/mol. The van der Waals surface area contributed by atoms with Crippen LogP contribution in [0.5, 0.6) is 5.75 Å². The summed E-state index contributed by atoms with van der Waals surface area (Å²) in [6.07, 6.45) is 0. The Labute approximate surface area is 132 Å². The summed E-state index contributed by atoms with van der Waals surface area (Å²) in [6.45, 7) is 2.25. The summed E-state index contributed by atoms with van der Waals surface area (Å²) < 4.78 is 5.40. The van der Waals surface area contributed by atoms with Crippen LogP contribution in [0.2, 0.25) is 5.02 Å². The molecule has 5 nitrogen and oxygen atoms in total. The monoisotopic (exact) mass is 319 g/mol. The fraction of sp³-hybridized carbons (Fsp3) is 0.125. The number of anilines is 1. The van der Waals surface area contributed by atoms with Crippen LogP contribution in [-0.2, 0) is 0 Å². The van der Waals surface area contributed by atoms with Crippen LogP contribution < -0.4 is 10.1 Å². The van der Waals surface area contributed by atoms with E-state index in [-0.39, 0.29) is 11.5 Å². The number of nitrogens with one attached hydrogen (secondary N) is 1. The molecule has 6 heteroatoms. The molecule has 0 fully saturated rings. The summed E-state index contributed by atoms with van der Waals surface area (Å²) in [6, 6.07) is 10.7. The van der Waals surface area contributed by atoms with Gasteiger partial charge in [-0.1, -0.05) is 11.6 Å². The van der Waals surface area contributed by atoms with E-state index in [1.807, 2.05) is 6.92 Å². The maximum atomic E-state index is 12.3. The van der Waals surface area contributed by atoms with Crippen molar-refractivity contribution in [2.75, 3.05) is 11.9 Å². The number of carbonyl (C=O) groups is 2. The van der Waals surface area contributed by atoms with Gasteiger partial charge in [0.15, 0.2) is 0 Å². The third-order valence-electron chi connectivity index (χ3n) is 2.88. The number of carboxylic acid groups (broad SMARTS) is 1. The van der Waals surface area contributed by atoms with Crippen molar-refractivity contribution in [3.63, 3.8) is 0 Å². The van der Waals surface area contributed by atoms with Gasteiger partial charge in [-0.05, 0) is 49.4 Å². The van der Waals surface area contributed by atoms with Crippen molar-refractivity contribution in [3.05, 3.63) is 58.6 Å². The summed E-state index contributed by atoms with van der Waals surface area (Å²) in [5, 5.41) is 11.9. The van der Waals surface area contributed by atoms with Gasteiger partial charge in [-0.25, -0.2) is 4.79 Å². The Hall–Kier alpha value is -2.53. The van der Waals surface area contributed by atoms with E-state index in [1.54, 1.807) is 12.1 Å². The summed E-state index contributed by atoms with van der Waals surface area (Å²) in [5.41, 5.74) is 0.949. The van der Waals surface area contributed by atoms with Gasteiger partial charge in [-0.15, -0.1) is 0 Å². The van der Waals surface area contributed by atoms with E-state index in [4.69, 9.17) is 21.4 Å². The van der Waals surface area contributed by atoms with Gasteiger partial charge in [-0.2, -0.15) is 0 Å². The zero-order chi connectivity index (χ0) is 16.1. The Morgan fingerprint density at radius 3 is 2.45 bits per heavy atom. The Kier molecular flexibility index (Phi) is 5.01. The lowest BCUT2D eigenvalue weighted by Crippen LogP contribution is -2.14. The maximum Gasteiger partial charge on any atom is 0.335 e. The SMILES string of the molecule is CCOc1ccc(Cl)cc1C(=O)Nc1ccc(C(=O)O)cc1. The predicted molar refractivity (Wildman–Crippen MR) is 84.0 cm³/mol. The second kappa shape index (κ2) is 6.95. The van der Waals surface area contributed by atoms with Crippen LogP contribution in [0.15, 0.2) is 42.5 Å². The highest BCUT2D eigenvalue weighted by molar-refractivity contribution is 6.31. The van der Waals surface area contributed by atoms with Gasteiger partial charge in [-0.3, -0.25) is 4.79 Å². The van der Waals surface area contributed by atoms with Crippen LogP contribution in [0.1, 0.15) is 27.6 Å². The van der Waals surface area contributed by atoms with Crippen LogP contribution >= 0.6 is 11.6 Å². The molecule has 0 atom stereocenters. The van der Waals surface area contributed by atoms with Crippen molar-refractivity contribution in [1.82, 2.24) is 0 Å². The molecule has 0 radical (unpaired) electrons. The average Bonchev–Trinajstić information content (AvgIpc) is 2.49. The van der Waals surface area contributed by atoms with Gasteiger partial charge in [0.05, 0.1) is 17.7 Å². The first-order valence-electron chi connectivity index (χ1n) is 6.58. The number of carbonyl (C=O) groups excluding carboxylic acids is 1. The minimum absolute atomic E-state index is 0.149. The molecule has 0 saturated carbocycles. The molecular weight excluding hydrogens is 306 g/mol. The van der Waals surface area contributed by atoms with E-state index in [2.05, 4.69) is 5.32 Å². The first-order valence-corrected chi connectivity index (χ1v) is 6.96. The van der Waals surface area contributed by atoms with E-state index in [1.165, 1.54) is 30.3 Å². The molecule has 2 aromatic rings. The molecule has 0 unspecified atom stereocenters. The first kappa shape index (κ1) is 15.9. The number of amides is 1. The second-order valence-electron chi connectivity index (χ2n) is 4.41. The molecule has 0 aliphatic heterocycles. The van der Waals surface area contributed by atoms with Crippen LogP contribution in [0.4, 0.5) is 5.69 Å². The molecule has 0 heterocycles. The smallest absolute Gasteiger partial charge is 0.335 e. The lowest BCUT2D eigenvalue weighted by atomic mass is 10.1. The van der Waals surface area contributed by atoms with Crippen molar-refractivity contribution in [1.29, 1.82) is 0 Å². The lowest BCUT2D eigenvalue weighted by Gasteiger charge is -2.11. The molecule has 114 valence electrons. The third-order valence-corrected chi connectivity index (χ3v) is 3.11. The van der Waals surface area contributed by atoms with Crippen LogP contribution in [0.3, 0.4) is 0 Å². The molecule has 1 amide bonds. The fourth-order valence-corrected chi connectivity index (χ4v) is 2.03.